The zero-order valence-electron chi connectivity index (χ0n) is 34.9. The quantitative estimate of drug-likeness (QED) is 0.149. The van der Waals surface area contributed by atoms with E-state index < -0.39 is 5.67 Å². The van der Waals surface area contributed by atoms with Crippen LogP contribution in [0.15, 0.2) is 72.9 Å². The third kappa shape index (κ3) is 8.13. The van der Waals surface area contributed by atoms with Gasteiger partial charge in [-0.3, -0.25) is 19.8 Å². The molecule has 4 amide bonds. The van der Waals surface area contributed by atoms with Gasteiger partial charge in [-0.1, -0.05) is 18.2 Å². The average molecular weight is 828 g/mol. The summed E-state index contributed by atoms with van der Waals surface area (Å²) >= 11 is 0. The van der Waals surface area contributed by atoms with Crippen molar-refractivity contribution < 1.29 is 23.9 Å². The number of nitrogen functional groups attached to an aromatic ring is 1. The minimum absolute atomic E-state index is 0.0503. The Hall–Kier alpha value is -6.02. The van der Waals surface area contributed by atoms with Crippen molar-refractivity contribution in [3.8, 4) is 17.0 Å². The van der Waals surface area contributed by atoms with Gasteiger partial charge in [0.15, 0.2) is 5.82 Å². The third-order valence-electron chi connectivity index (χ3n) is 13.5. The predicted molar refractivity (Wildman–Crippen MR) is 235 cm³/mol. The van der Waals surface area contributed by atoms with Gasteiger partial charge in [-0.15, -0.1) is 10.2 Å². The number of anilines is 3. The number of amides is 4. The second kappa shape index (κ2) is 16.4. The average Bonchev–Trinajstić information content (AvgIpc) is 3.66. The number of rotatable bonds is 8. The lowest BCUT2D eigenvalue weighted by atomic mass is 9.86. The van der Waals surface area contributed by atoms with Crippen LogP contribution in [0, 0.1) is 13.8 Å². The molecule has 0 spiro atoms. The van der Waals surface area contributed by atoms with Crippen molar-refractivity contribution in [1.82, 2.24) is 29.9 Å². The van der Waals surface area contributed by atoms with Crippen LogP contribution >= 0.6 is 0 Å². The maximum atomic E-state index is 16.4. The summed E-state index contributed by atoms with van der Waals surface area (Å²) in [5.41, 5.74) is 12.8. The molecule has 4 saturated heterocycles. The van der Waals surface area contributed by atoms with Crippen molar-refractivity contribution in [3.05, 3.63) is 95.2 Å². The summed E-state index contributed by atoms with van der Waals surface area (Å²) in [5.74, 6) is 0.424. The van der Waals surface area contributed by atoms with Crippen LogP contribution in [0.5, 0.6) is 5.75 Å². The number of aromatic hydroxyl groups is 1. The van der Waals surface area contributed by atoms with Crippen LogP contribution in [0.25, 0.3) is 22.2 Å². The lowest BCUT2D eigenvalue weighted by Crippen LogP contribution is -2.51. The summed E-state index contributed by atoms with van der Waals surface area (Å²) < 4.78 is 18.7. The molecule has 2 aromatic heterocycles. The number of hydrogen-bond donors (Lipinski definition) is 3. The smallest absolute Gasteiger partial charge is 0.328 e. The van der Waals surface area contributed by atoms with Crippen molar-refractivity contribution in [3.63, 3.8) is 0 Å². The van der Waals surface area contributed by atoms with Crippen LogP contribution in [0.4, 0.5) is 26.4 Å². The highest BCUT2D eigenvalue weighted by Gasteiger charge is 2.39. The highest BCUT2D eigenvalue weighted by atomic mass is 19.1. The summed E-state index contributed by atoms with van der Waals surface area (Å²) in [6.45, 7) is 8.75. The Morgan fingerprint density at radius 2 is 1.69 bits per heavy atom. The zero-order chi connectivity index (χ0) is 42.4. The molecular weight excluding hydrogens is 774 g/mol. The number of hydrogen-bond acceptors (Lipinski definition) is 9. The SMILES string of the molecule is Cc1cc(C(=O)N2CCC(F)(CN3CCC(n4ccc5cc(N6CCC(=O)NC6=O)c(C)cc54)CC3)CC2)ccc1[C@H]1CCCN(c2cc(-c3ccccc3O)nnc2N)C1. The van der Waals surface area contributed by atoms with E-state index in [4.69, 9.17) is 5.73 Å². The van der Waals surface area contributed by atoms with Gasteiger partial charge in [0.05, 0.1) is 11.4 Å². The van der Waals surface area contributed by atoms with Crippen LogP contribution in [-0.4, -0.2) is 106 Å². The molecule has 0 saturated carbocycles. The normalized spacial score (nSPS) is 20.3. The number of carbonyl (C=O) groups excluding carboxylic acids is 3. The van der Waals surface area contributed by atoms with Gasteiger partial charge >= 0.3 is 6.03 Å². The van der Waals surface area contributed by atoms with Gasteiger partial charge in [-0.05, 0) is 105 Å². The van der Waals surface area contributed by atoms with Crippen LogP contribution in [-0.2, 0) is 4.79 Å². The molecule has 9 rings (SSSR count). The molecule has 318 valence electrons. The number of carbonyl (C=O) groups is 3. The molecule has 0 radical (unpaired) electrons. The number of nitrogens with two attached hydrogens (primary N) is 1. The Morgan fingerprint density at radius 1 is 0.902 bits per heavy atom. The number of piperidine rings is 3. The minimum Gasteiger partial charge on any atom is -0.507 e. The Labute approximate surface area is 355 Å². The molecule has 13 nitrogen and oxygen atoms in total. The fourth-order valence-electron chi connectivity index (χ4n) is 10.1. The number of nitrogens with zero attached hydrogens (tertiary/aromatic N) is 7. The number of imide groups is 1. The molecule has 4 N–H and O–H groups in total. The van der Waals surface area contributed by atoms with E-state index in [1.807, 2.05) is 48.2 Å². The fourth-order valence-corrected chi connectivity index (χ4v) is 10.1. The van der Waals surface area contributed by atoms with Crippen LogP contribution in [0.3, 0.4) is 0 Å². The van der Waals surface area contributed by atoms with E-state index in [1.165, 1.54) is 5.56 Å². The highest BCUT2D eigenvalue weighted by Crippen LogP contribution is 2.38. The number of nitrogens with one attached hydrogen (secondary N) is 1. The Morgan fingerprint density at radius 3 is 2.44 bits per heavy atom. The van der Waals surface area contributed by atoms with Gasteiger partial charge in [0.2, 0.25) is 5.91 Å². The predicted octanol–water partition coefficient (Wildman–Crippen LogP) is 7.11. The maximum absolute atomic E-state index is 16.4. The number of halogens is 1. The number of phenols is 1. The van der Waals surface area contributed by atoms with Crippen molar-refractivity contribution >= 4 is 45.9 Å². The number of likely N-dealkylation sites (tertiary alicyclic amines) is 2. The number of urea groups is 1. The number of aromatic nitrogens is 3. The van der Waals surface area contributed by atoms with Crippen LogP contribution in [0.1, 0.15) is 84.0 Å². The molecule has 0 bridgehead atoms. The molecule has 4 fully saturated rings. The molecule has 5 aromatic rings. The van der Waals surface area contributed by atoms with Crippen molar-refractivity contribution in [2.45, 2.75) is 76.4 Å². The number of alkyl halides is 1. The monoisotopic (exact) mass is 827 g/mol. The first kappa shape index (κ1) is 40.4. The molecular formula is C47H54FN9O4. The van der Waals surface area contributed by atoms with Crippen LogP contribution in [0.2, 0.25) is 0 Å². The number of benzene rings is 3. The van der Waals surface area contributed by atoms with Gasteiger partial charge in [-0.25, -0.2) is 9.18 Å². The molecule has 3 aromatic carbocycles. The van der Waals surface area contributed by atoms with E-state index in [2.05, 4.69) is 61.2 Å². The van der Waals surface area contributed by atoms with Gasteiger partial charge < -0.3 is 30.1 Å². The Bertz CT molecular complexity index is 2490. The second-order valence-corrected chi connectivity index (χ2v) is 17.5. The number of fused-ring (bicyclic) bond motifs is 1. The number of para-hydroxylation sites is 1. The number of phenolic OH excluding ortho intramolecular Hbond substituents is 1. The Kier molecular flexibility index (Phi) is 10.9. The van der Waals surface area contributed by atoms with Gasteiger partial charge in [0, 0.05) is 117 Å². The van der Waals surface area contributed by atoms with Gasteiger partial charge in [-0.2, -0.15) is 0 Å². The largest absolute Gasteiger partial charge is 0.507 e. The van der Waals surface area contributed by atoms with Crippen molar-refractivity contribution in [2.24, 2.45) is 0 Å². The summed E-state index contributed by atoms with van der Waals surface area (Å²) in [4.78, 5) is 45.9. The summed E-state index contributed by atoms with van der Waals surface area (Å²) in [5, 5.41) is 22.4. The molecule has 0 aliphatic carbocycles. The van der Waals surface area contributed by atoms with E-state index in [9.17, 15) is 19.5 Å². The summed E-state index contributed by atoms with van der Waals surface area (Å²) in [7, 11) is 0. The molecule has 4 aliphatic rings. The van der Waals surface area contributed by atoms with Gasteiger partial charge in [0.25, 0.3) is 5.91 Å². The lowest BCUT2D eigenvalue weighted by molar-refractivity contribution is -0.120. The van der Waals surface area contributed by atoms with Crippen molar-refractivity contribution in [2.75, 3.05) is 67.9 Å². The van der Waals surface area contributed by atoms with Crippen molar-refractivity contribution in [1.29, 1.82) is 0 Å². The molecule has 61 heavy (non-hydrogen) atoms. The zero-order valence-corrected chi connectivity index (χ0v) is 34.9. The van der Waals surface area contributed by atoms with Gasteiger partial charge in [0.1, 0.15) is 11.4 Å². The van der Waals surface area contributed by atoms with E-state index in [0.717, 1.165) is 85.3 Å². The van der Waals surface area contributed by atoms with E-state index >= 15 is 4.39 Å². The first-order valence-electron chi connectivity index (χ1n) is 21.6. The molecule has 14 heteroatoms. The van der Waals surface area contributed by atoms with Crippen LogP contribution < -0.4 is 20.9 Å². The Balaban J connectivity index is 0.780. The fraction of sp³-hybridized carbons (Fsp3) is 0.426. The minimum atomic E-state index is -1.34. The van der Waals surface area contributed by atoms with E-state index in [-0.39, 0.29) is 35.9 Å². The van der Waals surface area contributed by atoms with E-state index in [0.29, 0.717) is 67.7 Å². The molecule has 4 aliphatic heterocycles. The first-order valence-corrected chi connectivity index (χ1v) is 21.6. The lowest BCUT2D eigenvalue weighted by Gasteiger charge is -2.41. The third-order valence-corrected chi connectivity index (χ3v) is 13.5. The topological polar surface area (TPSA) is 153 Å². The molecule has 6 heterocycles. The molecule has 0 unspecified atom stereocenters. The second-order valence-electron chi connectivity index (χ2n) is 17.5. The highest BCUT2D eigenvalue weighted by molar-refractivity contribution is 6.06. The molecule has 1 atom stereocenters. The number of aryl methyl sites for hydroxylation is 2. The standard InChI is InChI=1S/C47H54FN9O4/c1-30-24-33(9-10-36(30)34-6-5-17-55(28-34)41-27-38(51-52-44(41)49)37-7-3-4-8-42(37)58)45(60)54-22-15-47(48,16-23-54)29-53-18-12-35(13-19-53)56-20-11-32-26-39(31(2)25-40(32)56)57-21-14-43(59)50-46(57)61/h3-4,7-11,20,24-27,34-35,58H,5-6,12-19,21-23,28-29H2,1-2H3,(H2,49,52)(H,50,59,61)/t34-/m0/s1. The van der Waals surface area contributed by atoms with E-state index in [1.54, 1.807) is 17.0 Å². The maximum Gasteiger partial charge on any atom is 0.328 e. The first-order chi connectivity index (χ1) is 29.4. The summed E-state index contributed by atoms with van der Waals surface area (Å²) in [6.07, 6.45) is 6.83. The summed E-state index contributed by atoms with van der Waals surface area (Å²) in [6, 6.07) is 21.1.